The summed E-state index contributed by atoms with van der Waals surface area (Å²) >= 11 is 0. The number of carbonyl (C=O) groups is 2. The Hall–Kier alpha value is -2.63. The summed E-state index contributed by atoms with van der Waals surface area (Å²) in [6, 6.07) is 4.12. The lowest BCUT2D eigenvalue weighted by Gasteiger charge is -2.37. The van der Waals surface area contributed by atoms with Crippen LogP contribution in [-0.2, 0) is 11.3 Å². The smallest absolute Gasteiger partial charge is 0.412 e. The zero-order chi connectivity index (χ0) is 20.0. The van der Waals surface area contributed by atoms with Crippen molar-refractivity contribution in [2.75, 3.05) is 13.1 Å². The molecule has 0 aliphatic carbocycles. The normalized spacial score (nSPS) is 19.4. The fraction of sp³-hybridized carbons (Fsp3) is 0.500. The van der Waals surface area contributed by atoms with Crippen molar-refractivity contribution in [3.05, 3.63) is 39.9 Å². The van der Waals surface area contributed by atoms with Gasteiger partial charge in [0.2, 0.25) is 0 Å². The minimum absolute atomic E-state index is 0. The molecule has 0 aromatic heterocycles. The summed E-state index contributed by atoms with van der Waals surface area (Å²) in [6.45, 7) is 0.360. The highest BCUT2D eigenvalue weighted by molar-refractivity contribution is 5.85. The van der Waals surface area contributed by atoms with Crippen molar-refractivity contribution < 1.29 is 24.4 Å². The number of amides is 3. The van der Waals surface area contributed by atoms with Crippen molar-refractivity contribution in [3.63, 3.8) is 0 Å². The number of primary amides is 1. The molecule has 2 unspecified atom stereocenters. The predicted molar refractivity (Wildman–Crippen MR) is 102 cm³/mol. The van der Waals surface area contributed by atoms with E-state index in [0.29, 0.717) is 12.0 Å². The lowest BCUT2D eigenvalue weighted by atomic mass is 9.99. The number of ether oxygens (including phenoxy) is 1. The number of nitrogens with two attached hydrogens (primary N) is 2. The van der Waals surface area contributed by atoms with Crippen LogP contribution in [0.2, 0.25) is 0 Å². The van der Waals surface area contributed by atoms with Crippen molar-refractivity contribution in [2.45, 2.75) is 37.6 Å². The Kier molecular flexibility index (Phi) is 8.41. The molecule has 1 aliphatic rings. The predicted octanol–water partition coefficient (Wildman–Crippen LogP) is 0.823. The minimum atomic E-state index is -1.58. The van der Waals surface area contributed by atoms with Gasteiger partial charge < -0.3 is 26.6 Å². The van der Waals surface area contributed by atoms with Crippen molar-refractivity contribution in [1.82, 2.24) is 10.2 Å². The molecule has 0 bridgehead atoms. The van der Waals surface area contributed by atoms with Gasteiger partial charge in [-0.25, -0.2) is 9.59 Å². The molecule has 28 heavy (non-hydrogen) atoms. The van der Waals surface area contributed by atoms with E-state index in [1.165, 1.54) is 29.2 Å². The van der Waals surface area contributed by atoms with E-state index in [-0.39, 0.29) is 50.6 Å². The van der Waals surface area contributed by atoms with Crippen molar-refractivity contribution in [2.24, 2.45) is 11.5 Å². The van der Waals surface area contributed by atoms with E-state index in [4.69, 9.17) is 16.2 Å². The average molecular weight is 418 g/mol. The van der Waals surface area contributed by atoms with Crippen LogP contribution in [-0.4, -0.2) is 51.9 Å². The Bertz CT molecular complexity index is 703. The summed E-state index contributed by atoms with van der Waals surface area (Å²) in [4.78, 5) is 34.4. The maximum Gasteiger partial charge on any atom is 0.412 e. The molecule has 1 heterocycles. The number of halogens is 1. The van der Waals surface area contributed by atoms with E-state index in [2.05, 4.69) is 5.32 Å². The molecule has 11 nitrogen and oxygen atoms in total. The molecule has 2 atom stereocenters. The van der Waals surface area contributed by atoms with Gasteiger partial charge in [0.1, 0.15) is 6.61 Å². The van der Waals surface area contributed by atoms with Crippen LogP contribution in [0.25, 0.3) is 0 Å². The molecule has 6 N–H and O–H groups in total. The number of non-ortho nitro benzene ring substituents is 1. The number of nitrogens with zero attached hydrogens (tertiary/aromatic N) is 2. The van der Waals surface area contributed by atoms with Crippen LogP contribution >= 0.6 is 12.4 Å². The quantitative estimate of drug-likeness (QED) is 0.375. The van der Waals surface area contributed by atoms with Gasteiger partial charge in [0, 0.05) is 25.2 Å². The van der Waals surface area contributed by atoms with Crippen molar-refractivity contribution in [1.29, 1.82) is 0 Å². The molecule has 1 aromatic rings. The molecule has 0 saturated carbocycles. The van der Waals surface area contributed by atoms with Gasteiger partial charge in [-0.05, 0) is 37.0 Å². The maximum atomic E-state index is 12.4. The van der Waals surface area contributed by atoms with Gasteiger partial charge in [-0.3, -0.25) is 15.0 Å². The van der Waals surface area contributed by atoms with Crippen LogP contribution in [0.3, 0.4) is 0 Å². The molecule has 2 rings (SSSR count). The van der Waals surface area contributed by atoms with Crippen LogP contribution < -0.4 is 16.8 Å². The Labute approximate surface area is 167 Å². The van der Waals surface area contributed by atoms with Gasteiger partial charge in [0.25, 0.3) is 5.69 Å². The van der Waals surface area contributed by atoms with E-state index in [1.807, 2.05) is 0 Å². The minimum Gasteiger partial charge on any atom is -0.444 e. The first kappa shape index (κ1) is 23.4. The van der Waals surface area contributed by atoms with Crippen molar-refractivity contribution in [3.8, 4) is 0 Å². The largest absolute Gasteiger partial charge is 0.444 e. The van der Waals surface area contributed by atoms with E-state index in [1.54, 1.807) is 0 Å². The maximum absolute atomic E-state index is 12.4. The Morgan fingerprint density at radius 2 is 2.04 bits per heavy atom. The molecule has 1 aliphatic heterocycles. The molecule has 1 saturated heterocycles. The molecule has 156 valence electrons. The standard InChI is InChI=1S/C16H23N5O6.ClH/c17-13(6-8-19-14(18)22)16(24)7-1-9-20(16)15(23)27-10-11-2-4-12(5-3-11)21(25)26;/h2-5,13,24H,1,6-10,17H2,(H3,18,19,22);1H. The highest BCUT2D eigenvalue weighted by Gasteiger charge is 2.47. The van der Waals surface area contributed by atoms with Gasteiger partial charge in [0.05, 0.1) is 11.0 Å². The molecule has 12 heteroatoms. The molecular weight excluding hydrogens is 394 g/mol. The third-order valence-corrected chi connectivity index (χ3v) is 4.47. The number of aliphatic hydroxyl groups is 1. The summed E-state index contributed by atoms with van der Waals surface area (Å²) in [5.41, 5.74) is 9.95. The molecule has 0 radical (unpaired) electrons. The monoisotopic (exact) mass is 417 g/mol. The van der Waals surface area contributed by atoms with E-state index >= 15 is 0 Å². The lowest BCUT2D eigenvalue weighted by Crippen LogP contribution is -2.59. The Balaban J connectivity index is 0.00000392. The molecule has 3 amide bonds. The number of carbonyl (C=O) groups excluding carboxylic acids is 2. The fourth-order valence-electron chi connectivity index (χ4n) is 2.98. The first-order valence-electron chi connectivity index (χ1n) is 8.43. The molecule has 0 spiro atoms. The number of benzene rings is 1. The summed E-state index contributed by atoms with van der Waals surface area (Å²) < 4.78 is 5.21. The zero-order valence-electron chi connectivity index (χ0n) is 15.1. The van der Waals surface area contributed by atoms with Gasteiger partial charge >= 0.3 is 12.1 Å². The first-order chi connectivity index (χ1) is 12.7. The summed E-state index contributed by atoms with van der Waals surface area (Å²) in [7, 11) is 0. The number of nitro groups is 1. The molecule has 1 fully saturated rings. The van der Waals surface area contributed by atoms with Gasteiger partial charge in [-0.2, -0.15) is 0 Å². The summed E-state index contributed by atoms with van der Waals surface area (Å²) in [5, 5.41) is 23.9. The summed E-state index contributed by atoms with van der Waals surface area (Å²) in [5.74, 6) is 0. The van der Waals surface area contributed by atoms with E-state index in [0.717, 1.165) is 0 Å². The number of likely N-dealkylation sites (tertiary alicyclic amines) is 1. The molecule has 1 aromatic carbocycles. The second kappa shape index (κ2) is 10.1. The second-order valence-electron chi connectivity index (χ2n) is 6.30. The Morgan fingerprint density at radius 3 is 2.61 bits per heavy atom. The number of nitro benzene ring substituents is 1. The SMILES string of the molecule is Cl.NC(=O)NCCC(N)C1(O)CCCN1C(=O)OCc1ccc([N+](=O)[O-])cc1. The second-order valence-corrected chi connectivity index (χ2v) is 6.30. The number of hydrogen-bond acceptors (Lipinski definition) is 7. The van der Waals surface area contributed by atoms with Crippen LogP contribution in [0.1, 0.15) is 24.8 Å². The first-order valence-corrected chi connectivity index (χ1v) is 8.43. The van der Waals surface area contributed by atoms with Gasteiger partial charge in [0.15, 0.2) is 5.72 Å². The number of urea groups is 1. The number of nitrogens with one attached hydrogen (secondary N) is 1. The van der Waals surface area contributed by atoms with E-state index < -0.39 is 28.8 Å². The average Bonchev–Trinajstić information content (AvgIpc) is 3.02. The summed E-state index contributed by atoms with van der Waals surface area (Å²) in [6.07, 6.45) is 0.343. The molecular formula is C16H24ClN5O6. The zero-order valence-corrected chi connectivity index (χ0v) is 15.9. The topological polar surface area (TPSA) is 174 Å². The Morgan fingerprint density at radius 1 is 1.39 bits per heavy atom. The van der Waals surface area contributed by atoms with Crippen LogP contribution in [0.5, 0.6) is 0 Å². The van der Waals surface area contributed by atoms with E-state index in [9.17, 15) is 24.8 Å². The van der Waals surface area contributed by atoms with Crippen LogP contribution in [0.15, 0.2) is 24.3 Å². The van der Waals surface area contributed by atoms with Crippen LogP contribution in [0.4, 0.5) is 15.3 Å². The van der Waals surface area contributed by atoms with Gasteiger partial charge in [-0.15, -0.1) is 12.4 Å². The fourth-order valence-corrected chi connectivity index (χ4v) is 2.98. The number of hydrogen-bond donors (Lipinski definition) is 4. The van der Waals surface area contributed by atoms with Gasteiger partial charge in [-0.1, -0.05) is 0 Å². The lowest BCUT2D eigenvalue weighted by molar-refractivity contribution is -0.384. The highest BCUT2D eigenvalue weighted by atomic mass is 35.5. The third kappa shape index (κ3) is 5.68. The van der Waals surface area contributed by atoms with Crippen molar-refractivity contribution >= 4 is 30.2 Å². The highest BCUT2D eigenvalue weighted by Crippen LogP contribution is 2.31. The third-order valence-electron chi connectivity index (χ3n) is 4.47. The number of rotatable bonds is 7. The van der Waals surface area contributed by atoms with Crippen LogP contribution in [0, 0.1) is 10.1 Å².